The number of aromatic nitrogens is 2. The lowest BCUT2D eigenvalue weighted by Crippen LogP contribution is -2.32. The van der Waals surface area contributed by atoms with E-state index in [2.05, 4.69) is 9.97 Å². The highest BCUT2D eigenvalue weighted by atomic mass is 16.5. The number of aliphatic hydroxyl groups excluding tert-OH is 1. The molecule has 1 aromatic carbocycles. The first-order valence-electron chi connectivity index (χ1n) is 11.1. The zero-order chi connectivity index (χ0) is 24.3. The Hall–Kier alpha value is -3.26. The van der Waals surface area contributed by atoms with Crippen molar-refractivity contribution in [3.63, 3.8) is 0 Å². The van der Waals surface area contributed by atoms with Crippen molar-refractivity contribution < 1.29 is 19.4 Å². The standard InChI is InChI=1S/C25H32N4O4/c1-15(2)33-19-10-7-9-18(13-19)22-21(23(30)20-14-26-17(4)27-16(20)3)24(31)25(32)29(22)12-8-11-28(5)6/h7,9-10,13-15,22,30H,8,11-12H2,1-6H3/b23-21+/t22-/m0/s1. The second-order valence-electron chi connectivity index (χ2n) is 8.80. The van der Waals surface area contributed by atoms with Crippen LogP contribution in [0.2, 0.25) is 0 Å². The summed E-state index contributed by atoms with van der Waals surface area (Å²) in [4.78, 5) is 38.3. The summed E-state index contributed by atoms with van der Waals surface area (Å²) >= 11 is 0. The molecule has 1 fully saturated rings. The molecule has 1 N–H and O–H groups in total. The molecule has 0 unspecified atom stereocenters. The fourth-order valence-corrected chi connectivity index (χ4v) is 4.01. The number of benzene rings is 1. The van der Waals surface area contributed by atoms with Gasteiger partial charge in [0.25, 0.3) is 11.7 Å². The maximum Gasteiger partial charge on any atom is 0.295 e. The van der Waals surface area contributed by atoms with Gasteiger partial charge in [0.05, 0.1) is 29.0 Å². The number of Topliss-reactive ketones (excluding diaryl/α,β-unsaturated/α-hetero) is 1. The molecule has 2 aromatic rings. The number of carbonyl (C=O) groups excluding carboxylic acids is 2. The molecular weight excluding hydrogens is 420 g/mol. The Labute approximate surface area is 194 Å². The van der Waals surface area contributed by atoms with Gasteiger partial charge in [-0.15, -0.1) is 0 Å². The van der Waals surface area contributed by atoms with Gasteiger partial charge >= 0.3 is 0 Å². The summed E-state index contributed by atoms with van der Waals surface area (Å²) in [6.07, 6.45) is 2.15. The molecular formula is C25H32N4O4. The molecule has 33 heavy (non-hydrogen) atoms. The SMILES string of the molecule is Cc1ncc(/C(O)=C2\C(=O)C(=O)N(CCCN(C)C)[C@H]2c2cccc(OC(C)C)c2)c(C)n1. The minimum Gasteiger partial charge on any atom is -0.507 e. The van der Waals surface area contributed by atoms with Gasteiger partial charge in [0.2, 0.25) is 0 Å². The van der Waals surface area contributed by atoms with Crippen molar-refractivity contribution >= 4 is 17.4 Å². The van der Waals surface area contributed by atoms with Gasteiger partial charge in [0.15, 0.2) is 0 Å². The van der Waals surface area contributed by atoms with Crippen LogP contribution in [-0.2, 0) is 9.59 Å². The number of aryl methyl sites for hydroxylation is 2. The number of rotatable bonds is 8. The van der Waals surface area contributed by atoms with E-state index in [0.717, 1.165) is 6.54 Å². The Morgan fingerprint density at radius 1 is 1.24 bits per heavy atom. The predicted molar refractivity (Wildman–Crippen MR) is 126 cm³/mol. The Bertz CT molecular complexity index is 1080. The molecule has 3 rings (SSSR count). The molecule has 8 nitrogen and oxygen atoms in total. The van der Waals surface area contributed by atoms with Gasteiger partial charge < -0.3 is 19.6 Å². The third-order valence-electron chi connectivity index (χ3n) is 5.44. The number of likely N-dealkylation sites (tertiary alicyclic amines) is 1. The highest BCUT2D eigenvalue weighted by molar-refractivity contribution is 6.46. The molecule has 176 valence electrons. The largest absolute Gasteiger partial charge is 0.507 e. The number of hydrogen-bond acceptors (Lipinski definition) is 7. The number of amides is 1. The summed E-state index contributed by atoms with van der Waals surface area (Å²) in [5.74, 6) is -0.403. The Morgan fingerprint density at radius 2 is 1.97 bits per heavy atom. The number of nitrogens with zero attached hydrogens (tertiary/aromatic N) is 4. The van der Waals surface area contributed by atoms with E-state index in [1.165, 1.54) is 11.1 Å². The Balaban J connectivity index is 2.13. The molecule has 0 aliphatic carbocycles. The normalized spacial score (nSPS) is 17.9. The number of aliphatic hydroxyl groups is 1. The van der Waals surface area contributed by atoms with E-state index in [1.807, 2.05) is 57.1 Å². The summed E-state index contributed by atoms with van der Waals surface area (Å²) in [7, 11) is 3.91. The highest BCUT2D eigenvalue weighted by Crippen LogP contribution is 2.40. The molecule has 1 aromatic heterocycles. The van der Waals surface area contributed by atoms with E-state index in [-0.39, 0.29) is 17.4 Å². The van der Waals surface area contributed by atoms with Crippen LogP contribution in [0.3, 0.4) is 0 Å². The van der Waals surface area contributed by atoms with Crippen molar-refractivity contribution in [3.05, 3.63) is 58.7 Å². The molecule has 1 atom stereocenters. The number of hydrogen-bond donors (Lipinski definition) is 1. The number of ether oxygens (including phenoxy) is 1. The van der Waals surface area contributed by atoms with Crippen molar-refractivity contribution in [1.29, 1.82) is 0 Å². The summed E-state index contributed by atoms with van der Waals surface area (Å²) in [5.41, 5.74) is 1.62. The van der Waals surface area contributed by atoms with Crippen LogP contribution < -0.4 is 4.74 Å². The van der Waals surface area contributed by atoms with Crippen molar-refractivity contribution in [3.8, 4) is 5.75 Å². The van der Waals surface area contributed by atoms with E-state index in [1.54, 1.807) is 13.8 Å². The summed E-state index contributed by atoms with van der Waals surface area (Å²) in [6.45, 7) is 8.49. The van der Waals surface area contributed by atoms with Gasteiger partial charge in [-0.1, -0.05) is 12.1 Å². The van der Waals surface area contributed by atoms with E-state index >= 15 is 0 Å². The molecule has 0 spiro atoms. The first-order chi connectivity index (χ1) is 15.6. The van der Waals surface area contributed by atoms with Crippen LogP contribution in [0.4, 0.5) is 0 Å². The quantitative estimate of drug-likeness (QED) is 0.373. The van der Waals surface area contributed by atoms with Crippen molar-refractivity contribution in [2.45, 2.75) is 46.3 Å². The average molecular weight is 453 g/mol. The Morgan fingerprint density at radius 3 is 2.61 bits per heavy atom. The summed E-state index contributed by atoms with van der Waals surface area (Å²) < 4.78 is 5.83. The van der Waals surface area contributed by atoms with Crippen LogP contribution in [-0.4, -0.2) is 69.9 Å². The van der Waals surface area contributed by atoms with Gasteiger partial charge in [-0.25, -0.2) is 9.97 Å². The van der Waals surface area contributed by atoms with Crippen molar-refractivity contribution in [2.24, 2.45) is 0 Å². The maximum atomic E-state index is 13.2. The lowest BCUT2D eigenvalue weighted by Gasteiger charge is -2.26. The lowest BCUT2D eigenvalue weighted by molar-refractivity contribution is -0.139. The van der Waals surface area contributed by atoms with E-state index < -0.39 is 17.7 Å². The topological polar surface area (TPSA) is 95.9 Å². The van der Waals surface area contributed by atoms with Crippen LogP contribution in [0.25, 0.3) is 5.76 Å². The van der Waals surface area contributed by atoms with E-state index in [0.29, 0.717) is 41.4 Å². The van der Waals surface area contributed by atoms with Crippen LogP contribution >= 0.6 is 0 Å². The predicted octanol–water partition coefficient (Wildman–Crippen LogP) is 3.25. The van der Waals surface area contributed by atoms with Gasteiger partial charge in [0, 0.05) is 12.7 Å². The van der Waals surface area contributed by atoms with E-state index in [9.17, 15) is 14.7 Å². The highest BCUT2D eigenvalue weighted by Gasteiger charge is 2.46. The molecule has 1 amide bonds. The van der Waals surface area contributed by atoms with Crippen LogP contribution in [0.15, 0.2) is 36.0 Å². The number of ketones is 1. The first kappa shape index (κ1) is 24.4. The minimum atomic E-state index is -0.733. The van der Waals surface area contributed by atoms with Gasteiger partial charge in [-0.2, -0.15) is 0 Å². The maximum absolute atomic E-state index is 13.2. The van der Waals surface area contributed by atoms with Crippen molar-refractivity contribution in [2.75, 3.05) is 27.2 Å². The van der Waals surface area contributed by atoms with Crippen LogP contribution in [0.1, 0.15) is 49.0 Å². The summed E-state index contributed by atoms with van der Waals surface area (Å²) in [5, 5.41) is 11.2. The molecule has 1 aliphatic rings. The van der Waals surface area contributed by atoms with Crippen LogP contribution in [0.5, 0.6) is 5.75 Å². The fraction of sp³-hybridized carbons (Fsp3) is 0.440. The molecule has 0 saturated carbocycles. The fourth-order valence-electron chi connectivity index (χ4n) is 4.01. The first-order valence-corrected chi connectivity index (χ1v) is 11.1. The van der Waals surface area contributed by atoms with Gasteiger partial charge in [0.1, 0.15) is 17.3 Å². The zero-order valence-electron chi connectivity index (χ0n) is 20.1. The second-order valence-corrected chi connectivity index (χ2v) is 8.80. The molecule has 0 bridgehead atoms. The monoisotopic (exact) mass is 452 g/mol. The zero-order valence-corrected chi connectivity index (χ0v) is 20.1. The third kappa shape index (κ3) is 5.39. The molecule has 8 heteroatoms. The summed E-state index contributed by atoms with van der Waals surface area (Å²) in [6, 6.07) is 6.59. The van der Waals surface area contributed by atoms with Crippen molar-refractivity contribution in [1.82, 2.24) is 19.8 Å². The Kier molecular flexibility index (Phi) is 7.48. The minimum absolute atomic E-state index is 0.0286. The van der Waals surface area contributed by atoms with Crippen LogP contribution in [0, 0.1) is 13.8 Å². The number of carbonyl (C=O) groups is 2. The lowest BCUT2D eigenvalue weighted by atomic mass is 9.95. The third-order valence-corrected chi connectivity index (χ3v) is 5.44. The van der Waals surface area contributed by atoms with Gasteiger partial charge in [-0.05, 0) is 72.5 Å². The van der Waals surface area contributed by atoms with Gasteiger partial charge in [-0.3, -0.25) is 9.59 Å². The van der Waals surface area contributed by atoms with E-state index in [4.69, 9.17) is 4.74 Å². The molecule has 0 radical (unpaired) electrons. The smallest absolute Gasteiger partial charge is 0.295 e. The average Bonchev–Trinajstić information content (AvgIpc) is 2.98. The second kappa shape index (κ2) is 10.1. The molecule has 2 heterocycles. The molecule has 1 aliphatic heterocycles. The molecule has 1 saturated heterocycles.